The van der Waals surface area contributed by atoms with Gasteiger partial charge in [0.1, 0.15) is 12.0 Å². The number of nitrogens with one attached hydrogen (secondary N) is 1. The van der Waals surface area contributed by atoms with E-state index < -0.39 is 42.3 Å². The lowest BCUT2D eigenvalue weighted by molar-refractivity contribution is -0.199. The SMILES string of the molecule is COC(=O)N1CCN(C(C)(C)CC(C#N)C(=O)N2CCC[C@H](OC(=O)N[C@@H](Cc3ccccc3)B3O[C@@H]4C[C@@H]5C[C@@H](C5(C)C)[C@]4(C)O3)C2)CC1. The van der Waals surface area contributed by atoms with Crippen LogP contribution in [0.5, 0.6) is 0 Å². The van der Waals surface area contributed by atoms with E-state index in [1.807, 2.05) is 44.2 Å². The molecule has 6 aliphatic rings. The fourth-order valence-electron chi connectivity index (χ4n) is 9.39. The van der Waals surface area contributed by atoms with Gasteiger partial charge in [-0.3, -0.25) is 9.69 Å². The van der Waals surface area contributed by atoms with Gasteiger partial charge in [0.2, 0.25) is 5.91 Å². The molecule has 6 fully saturated rings. The molecule has 3 heterocycles. The molecule has 3 saturated carbocycles. The topological polar surface area (TPSA) is 134 Å². The molecule has 3 amide bonds. The minimum Gasteiger partial charge on any atom is -0.453 e. The van der Waals surface area contributed by atoms with Crippen molar-refractivity contribution in [2.24, 2.45) is 23.2 Å². The summed E-state index contributed by atoms with van der Waals surface area (Å²) in [7, 11) is 0.765. The highest BCUT2D eigenvalue weighted by atomic mass is 16.7. The predicted octanol–water partition coefficient (Wildman–Crippen LogP) is 4.27. The van der Waals surface area contributed by atoms with E-state index in [0.717, 1.165) is 18.4 Å². The lowest BCUT2D eigenvalue weighted by atomic mass is 9.43. The Bertz CT molecular complexity index is 1450. The summed E-state index contributed by atoms with van der Waals surface area (Å²) in [5.74, 6) is -0.531. The molecule has 7 atom stereocenters. The van der Waals surface area contributed by atoms with Crippen LogP contribution in [0.25, 0.3) is 0 Å². The maximum Gasteiger partial charge on any atom is 0.482 e. The van der Waals surface area contributed by atoms with Gasteiger partial charge in [-0.1, -0.05) is 44.2 Å². The van der Waals surface area contributed by atoms with Gasteiger partial charge < -0.3 is 33.9 Å². The Balaban J connectivity index is 1.05. The molecule has 272 valence electrons. The van der Waals surface area contributed by atoms with E-state index >= 15 is 0 Å². The van der Waals surface area contributed by atoms with Crippen molar-refractivity contribution in [1.82, 2.24) is 20.0 Å². The van der Waals surface area contributed by atoms with Gasteiger partial charge in [0.25, 0.3) is 0 Å². The molecule has 12 nitrogen and oxygen atoms in total. The third-order valence-corrected chi connectivity index (χ3v) is 12.6. The van der Waals surface area contributed by atoms with Crippen LogP contribution in [0.2, 0.25) is 0 Å². The number of benzene rings is 1. The summed E-state index contributed by atoms with van der Waals surface area (Å²) in [6.07, 6.45) is 2.85. The number of nitrogens with zero attached hydrogens (tertiary/aromatic N) is 4. The van der Waals surface area contributed by atoms with Gasteiger partial charge in [-0.25, -0.2) is 9.59 Å². The van der Waals surface area contributed by atoms with Crippen molar-refractivity contribution in [2.45, 2.75) is 102 Å². The van der Waals surface area contributed by atoms with Crippen LogP contribution in [-0.4, -0.2) is 116 Å². The molecule has 3 aliphatic heterocycles. The number of alkyl carbamates (subject to hydrolysis) is 1. The second kappa shape index (κ2) is 14.4. The quantitative estimate of drug-likeness (QED) is 0.377. The minimum atomic E-state index is -0.843. The molecule has 13 heteroatoms. The van der Waals surface area contributed by atoms with Crippen LogP contribution in [0, 0.1) is 34.5 Å². The van der Waals surface area contributed by atoms with Crippen LogP contribution in [0.4, 0.5) is 9.59 Å². The molecule has 0 spiro atoms. The summed E-state index contributed by atoms with van der Waals surface area (Å²) in [6, 6.07) is 12.2. The molecule has 1 N–H and O–H groups in total. The van der Waals surface area contributed by atoms with Crippen molar-refractivity contribution in [3.8, 4) is 6.07 Å². The summed E-state index contributed by atoms with van der Waals surface area (Å²) in [5.41, 5.74) is 0.417. The van der Waals surface area contributed by atoms with Crippen LogP contribution in [0.3, 0.4) is 0 Å². The van der Waals surface area contributed by atoms with E-state index in [4.69, 9.17) is 18.8 Å². The number of nitriles is 1. The number of methoxy groups -OCH3 is 1. The van der Waals surface area contributed by atoms with Crippen LogP contribution in [0.15, 0.2) is 30.3 Å². The van der Waals surface area contributed by atoms with E-state index in [1.165, 1.54) is 7.11 Å². The first kappa shape index (κ1) is 36.5. The minimum absolute atomic E-state index is 0.0131. The zero-order valence-corrected chi connectivity index (χ0v) is 30.6. The van der Waals surface area contributed by atoms with Crippen molar-refractivity contribution in [1.29, 1.82) is 5.26 Å². The van der Waals surface area contributed by atoms with Crippen molar-refractivity contribution in [3.63, 3.8) is 0 Å². The van der Waals surface area contributed by atoms with E-state index in [2.05, 4.69) is 37.1 Å². The highest BCUT2D eigenvalue weighted by Crippen LogP contribution is 2.65. The average molecular weight is 692 g/mol. The highest BCUT2D eigenvalue weighted by molar-refractivity contribution is 6.47. The summed E-state index contributed by atoms with van der Waals surface area (Å²) >= 11 is 0. The molecular formula is C37H54BN5O7. The first-order valence-corrected chi connectivity index (χ1v) is 18.4. The number of piperidine rings is 1. The highest BCUT2D eigenvalue weighted by Gasteiger charge is 2.68. The van der Waals surface area contributed by atoms with Gasteiger partial charge >= 0.3 is 19.3 Å². The Labute approximate surface area is 297 Å². The van der Waals surface area contributed by atoms with Crippen molar-refractivity contribution >= 4 is 25.2 Å². The van der Waals surface area contributed by atoms with Crippen molar-refractivity contribution in [2.75, 3.05) is 46.4 Å². The van der Waals surface area contributed by atoms with Crippen LogP contribution in [-0.2, 0) is 30.0 Å². The van der Waals surface area contributed by atoms with Crippen molar-refractivity contribution < 1.29 is 33.2 Å². The second-order valence-corrected chi connectivity index (χ2v) is 16.4. The van der Waals surface area contributed by atoms with E-state index in [9.17, 15) is 19.6 Å². The maximum absolute atomic E-state index is 13.7. The lowest BCUT2D eigenvalue weighted by Crippen LogP contribution is -2.65. The van der Waals surface area contributed by atoms with Gasteiger partial charge in [0.15, 0.2) is 0 Å². The fourth-order valence-corrected chi connectivity index (χ4v) is 9.39. The first-order chi connectivity index (χ1) is 23.7. The van der Waals surface area contributed by atoms with E-state index in [1.54, 1.807) is 9.80 Å². The molecule has 0 aromatic heterocycles. The Kier molecular flexibility index (Phi) is 10.5. The molecule has 3 saturated heterocycles. The monoisotopic (exact) mass is 691 g/mol. The number of rotatable bonds is 9. The average Bonchev–Trinajstić information content (AvgIpc) is 3.47. The van der Waals surface area contributed by atoms with E-state index in [0.29, 0.717) is 70.2 Å². The predicted molar refractivity (Wildman–Crippen MR) is 187 cm³/mol. The third-order valence-electron chi connectivity index (χ3n) is 12.6. The lowest BCUT2D eigenvalue weighted by Gasteiger charge is -2.64. The maximum atomic E-state index is 13.7. The zero-order chi connectivity index (χ0) is 35.8. The fraction of sp³-hybridized carbons (Fsp3) is 0.730. The third kappa shape index (κ3) is 7.21. The van der Waals surface area contributed by atoms with Gasteiger partial charge in [-0.2, -0.15) is 5.26 Å². The summed E-state index contributed by atoms with van der Waals surface area (Å²) < 4.78 is 24.1. The molecule has 1 aromatic carbocycles. The number of ether oxygens (including phenoxy) is 2. The number of likely N-dealkylation sites (tertiary alicyclic amines) is 1. The summed E-state index contributed by atoms with van der Waals surface area (Å²) in [5, 5.41) is 13.2. The van der Waals surface area contributed by atoms with Crippen LogP contribution >= 0.6 is 0 Å². The Morgan fingerprint density at radius 2 is 1.80 bits per heavy atom. The smallest absolute Gasteiger partial charge is 0.453 e. The largest absolute Gasteiger partial charge is 0.482 e. The first-order valence-electron chi connectivity index (χ1n) is 18.4. The second-order valence-electron chi connectivity index (χ2n) is 16.4. The molecule has 2 bridgehead atoms. The van der Waals surface area contributed by atoms with Crippen LogP contribution in [0.1, 0.15) is 72.3 Å². The van der Waals surface area contributed by atoms with Gasteiger partial charge in [0.05, 0.1) is 37.4 Å². The van der Waals surface area contributed by atoms with Gasteiger partial charge in [0, 0.05) is 38.3 Å². The molecule has 1 unspecified atom stereocenters. The molecule has 3 aliphatic carbocycles. The Morgan fingerprint density at radius 1 is 1.08 bits per heavy atom. The molecule has 0 radical (unpaired) electrons. The number of hydrogen-bond donors (Lipinski definition) is 1. The summed E-state index contributed by atoms with van der Waals surface area (Å²) in [4.78, 5) is 44.7. The standard InChI is InChI=1S/C37H54BN5O7/c1-35(2,43-17-15-41(16-18-43)34(46)47-6)22-26(23-39)32(44)42-14-10-13-28(24-42)48-33(45)40-31(19-25-11-8-7-9-12-25)38-49-30-21-27-20-29(36(27,3)4)37(30,5)50-38/h7-9,11-12,26-31H,10,13-22,24H2,1-6H3,(H,40,45)/t26?,27-,28-,29-,30+,31-,37-/m0/s1. The molecule has 50 heavy (non-hydrogen) atoms. The molecular weight excluding hydrogens is 637 g/mol. The van der Waals surface area contributed by atoms with Crippen molar-refractivity contribution in [3.05, 3.63) is 35.9 Å². The van der Waals surface area contributed by atoms with E-state index in [-0.39, 0.29) is 30.1 Å². The number of carbonyl (C=O) groups excluding carboxylic acids is 3. The number of carbonyl (C=O) groups is 3. The number of hydrogen-bond acceptors (Lipinski definition) is 9. The summed E-state index contributed by atoms with van der Waals surface area (Å²) in [6.45, 7) is 14.0. The van der Waals surface area contributed by atoms with Gasteiger partial charge in [-0.05, 0) is 82.1 Å². The van der Waals surface area contributed by atoms with Crippen LogP contribution < -0.4 is 5.32 Å². The molecule has 1 aromatic rings. The van der Waals surface area contributed by atoms with Gasteiger partial charge in [-0.15, -0.1) is 0 Å². The Morgan fingerprint density at radius 3 is 2.46 bits per heavy atom. The molecule has 7 rings (SSSR count). The normalized spacial score (nSPS) is 30.3. The number of piperazine rings is 1. The number of amides is 3. The zero-order valence-electron chi connectivity index (χ0n) is 30.6. The Hall–Kier alpha value is -3.34.